The van der Waals surface area contributed by atoms with Crippen LogP contribution in [0.5, 0.6) is 0 Å². The molecule has 0 N–H and O–H groups in total. The van der Waals surface area contributed by atoms with Crippen LogP contribution in [0.15, 0.2) is 0 Å². The van der Waals surface area contributed by atoms with E-state index >= 15 is 0 Å². The van der Waals surface area contributed by atoms with Crippen molar-refractivity contribution in [2.24, 2.45) is 5.92 Å². The molecular weight excluding hydrogens is 226 g/mol. The summed E-state index contributed by atoms with van der Waals surface area (Å²) in [4.78, 5) is 25.2. The Morgan fingerprint density at radius 3 is 2.81 bits per heavy atom. The van der Waals surface area contributed by atoms with Crippen molar-refractivity contribution >= 4 is 24.5 Å². The number of hydrogen-bond donors (Lipinski definition) is 1. The molecular formula is C11H19NO3S. The van der Waals surface area contributed by atoms with Gasteiger partial charge in [0.15, 0.2) is 0 Å². The molecule has 1 amide bonds. The van der Waals surface area contributed by atoms with E-state index in [1.165, 1.54) is 0 Å². The van der Waals surface area contributed by atoms with Crippen LogP contribution in [-0.4, -0.2) is 41.7 Å². The van der Waals surface area contributed by atoms with Crippen LogP contribution in [0.25, 0.3) is 0 Å². The van der Waals surface area contributed by atoms with Crippen molar-refractivity contribution in [3.8, 4) is 0 Å². The van der Waals surface area contributed by atoms with Crippen molar-refractivity contribution < 1.29 is 14.3 Å². The predicted molar refractivity (Wildman–Crippen MR) is 64.4 cm³/mol. The quantitative estimate of drug-likeness (QED) is 0.596. The van der Waals surface area contributed by atoms with E-state index in [0.717, 1.165) is 6.42 Å². The smallest absolute Gasteiger partial charge is 0.328 e. The summed E-state index contributed by atoms with van der Waals surface area (Å²) in [6.07, 6.45) is 1.58. The maximum atomic E-state index is 12.0. The summed E-state index contributed by atoms with van der Waals surface area (Å²) < 4.78 is 4.97. The third-order valence-corrected chi connectivity index (χ3v) is 3.34. The van der Waals surface area contributed by atoms with Crippen LogP contribution in [0, 0.1) is 5.92 Å². The molecule has 0 aromatic heterocycles. The van der Waals surface area contributed by atoms with Crippen LogP contribution in [0.2, 0.25) is 0 Å². The first-order chi connectivity index (χ1) is 7.61. The SMILES string of the molecule is CCOC(=O)[C@@H]1CCCN1C(=O)C(C)CS. The molecule has 1 heterocycles. The van der Waals surface area contributed by atoms with Gasteiger partial charge in [-0.15, -0.1) is 0 Å². The molecule has 1 aliphatic heterocycles. The number of hydrogen-bond acceptors (Lipinski definition) is 4. The van der Waals surface area contributed by atoms with Crippen LogP contribution in [-0.2, 0) is 14.3 Å². The Morgan fingerprint density at radius 2 is 2.25 bits per heavy atom. The van der Waals surface area contributed by atoms with Gasteiger partial charge in [0.25, 0.3) is 0 Å². The average molecular weight is 245 g/mol. The lowest BCUT2D eigenvalue weighted by atomic mass is 10.1. The number of likely N-dealkylation sites (tertiary alicyclic amines) is 1. The van der Waals surface area contributed by atoms with Gasteiger partial charge in [0.2, 0.25) is 5.91 Å². The monoisotopic (exact) mass is 245 g/mol. The number of ether oxygens (including phenoxy) is 1. The lowest BCUT2D eigenvalue weighted by Gasteiger charge is -2.25. The van der Waals surface area contributed by atoms with Crippen molar-refractivity contribution in [2.75, 3.05) is 18.9 Å². The Kier molecular flexibility index (Phi) is 5.12. The number of esters is 1. The molecule has 0 aromatic rings. The predicted octanol–water partition coefficient (Wildman–Crippen LogP) is 1.11. The minimum Gasteiger partial charge on any atom is -0.464 e. The summed E-state index contributed by atoms with van der Waals surface area (Å²) in [7, 11) is 0. The topological polar surface area (TPSA) is 46.6 Å². The lowest BCUT2D eigenvalue weighted by molar-refractivity contribution is -0.153. The molecule has 1 aliphatic rings. The molecule has 0 saturated carbocycles. The first-order valence-electron chi connectivity index (χ1n) is 5.69. The first kappa shape index (κ1) is 13.4. The van der Waals surface area contributed by atoms with Crippen LogP contribution < -0.4 is 0 Å². The summed E-state index contributed by atoms with van der Waals surface area (Å²) >= 11 is 4.11. The van der Waals surface area contributed by atoms with Gasteiger partial charge in [0.05, 0.1) is 6.61 Å². The molecule has 1 unspecified atom stereocenters. The van der Waals surface area contributed by atoms with E-state index in [9.17, 15) is 9.59 Å². The van der Waals surface area contributed by atoms with Gasteiger partial charge in [0, 0.05) is 18.2 Å². The molecule has 1 fully saturated rings. The second-order valence-corrected chi connectivity index (χ2v) is 4.39. The van der Waals surface area contributed by atoms with E-state index in [1.54, 1.807) is 11.8 Å². The number of nitrogens with zero attached hydrogens (tertiary/aromatic N) is 1. The largest absolute Gasteiger partial charge is 0.464 e. The highest BCUT2D eigenvalue weighted by atomic mass is 32.1. The van der Waals surface area contributed by atoms with E-state index in [2.05, 4.69) is 12.6 Å². The first-order valence-corrected chi connectivity index (χ1v) is 6.33. The van der Waals surface area contributed by atoms with Crippen LogP contribution in [0.3, 0.4) is 0 Å². The minimum absolute atomic E-state index is 0.00514. The maximum absolute atomic E-state index is 12.0. The highest BCUT2D eigenvalue weighted by Gasteiger charge is 2.36. The van der Waals surface area contributed by atoms with E-state index in [0.29, 0.717) is 25.3 Å². The molecule has 1 saturated heterocycles. The zero-order valence-electron chi connectivity index (χ0n) is 9.81. The molecule has 0 aromatic carbocycles. The standard InChI is InChI=1S/C11H19NO3S/c1-3-15-11(14)9-5-4-6-12(9)10(13)8(2)7-16/h8-9,16H,3-7H2,1-2H3/t8?,9-/m0/s1. The highest BCUT2D eigenvalue weighted by Crippen LogP contribution is 2.21. The van der Waals surface area contributed by atoms with E-state index in [-0.39, 0.29) is 23.8 Å². The Bertz CT molecular complexity index is 270. The molecule has 92 valence electrons. The van der Waals surface area contributed by atoms with Crippen molar-refractivity contribution in [1.82, 2.24) is 4.90 Å². The van der Waals surface area contributed by atoms with Gasteiger partial charge in [-0.25, -0.2) is 4.79 Å². The number of carbonyl (C=O) groups excluding carboxylic acids is 2. The second kappa shape index (κ2) is 6.13. The second-order valence-electron chi connectivity index (χ2n) is 4.03. The number of amides is 1. The average Bonchev–Trinajstić information content (AvgIpc) is 2.76. The van der Waals surface area contributed by atoms with Gasteiger partial charge in [-0.2, -0.15) is 12.6 Å². The highest BCUT2D eigenvalue weighted by molar-refractivity contribution is 7.80. The molecule has 0 aliphatic carbocycles. The molecule has 0 spiro atoms. The Labute approximate surface area is 102 Å². The Hall–Kier alpha value is -0.710. The fourth-order valence-electron chi connectivity index (χ4n) is 1.88. The van der Waals surface area contributed by atoms with Crippen molar-refractivity contribution in [3.05, 3.63) is 0 Å². The van der Waals surface area contributed by atoms with Gasteiger partial charge < -0.3 is 9.64 Å². The zero-order valence-corrected chi connectivity index (χ0v) is 10.7. The van der Waals surface area contributed by atoms with Crippen molar-refractivity contribution in [3.63, 3.8) is 0 Å². The molecule has 4 nitrogen and oxygen atoms in total. The van der Waals surface area contributed by atoms with Crippen LogP contribution in [0.1, 0.15) is 26.7 Å². The molecule has 0 bridgehead atoms. The summed E-state index contributed by atoms with van der Waals surface area (Å²) in [6, 6.07) is -0.380. The minimum atomic E-state index is -0.380. The van der Waals surface area contributed by atoms with Gasteiger partial charge >= 0.3 is 5.97 Å². The van der Waals surface area contributed by atoms with Gasteiger partial charge in [0.1, 0.15) is 6.04 Å². The molecule has 5 heteroatoms. The Morgan fingerprint density at radius 1 is 1.56 bits per heavy atom. The van der Waals surface area contributed by atoms with Crippen LogP contribution >= 0.6 is 12.6 Å². The summed E-state index contributed by atoms with van der Waals surface area (Å²) in [6.45, 7) is 4.62. The van der Waals surface area contributed by atoms with Gasteiger partial charge in [-0.1, -0.05) is 6.92 Å². The molecule has 1 rings (SSSR count). The summed E-state index contributed by atoms with van der Waals surface area (Å²) in [5.74, 6) is 0.0915. The normalized spacial score (nSPS) is 21.9. The van der Waals surface area contributed by atoms with Crippen molar-refractivity contribution in [2.45, 2.75) is 32.7 Å². The third-order valence-electron chi connectivity index (χ3n) is 2.79. The number of carbonyl (C=O) groups is 2. The fourth-order valence-corrected chi connectivity index (χ4v) is 2.03. The Balaban J connectivity index is 2.65. The zero-order chi connectivity index (χ0) is 12.1. The summed E-state index contributed by atoms with van der Waals surface area (Å²) in [5, 5.41) is 0. The fraction of sp³-hybridized carbons (Fsp3) is 0.818. The molecule has 0 radical (unpaired) electrons. The lowest BCUT2D eigenvalue weighted by Crippen LogP contribution is -2.44. The van der Waals surface area contributed by atoms with E-state index < -0.39 is 0 Å². The summed E-state index contributed by atoms with van der Waals surface area (Å²) in [5.41, 5.74) is 0. The molecule has 2 atom stereocenters. The maximum Gasteiger partial charge on any atom is 0.328 e. The molecule has 16 heavy (non-hydrogen) atoms. The number of thiol groups is 1. The van der Waals surface area contributed by atoms with Crippen LogP contribution in [0.4, 0.5) is 0 Å². The van der Waals surface area contributed by atoms with Gasteiger partial charge in [-0.3, -0.25) is 4.79 Å². The van der Waals surface area contributed by atoms with E-state index in [1.807, 2.05) is 6.92 Å². The third kappa shape index (κ3) is 2.90. The van der Waals surface area contributed by atoms with Crippen molar-refractivity contribution in [1.29, 1.82) is 0 Å². The van der Waals surface area contributed by atoms with Gasteiger partial charge in [-0.05, 0) is 19.8 Å². The number of rotatable bonds is 4. The van der Waals surface area contributed by atoms with E-state index in [4.69, 9.17) is 4.74 Å².